The number of hydrogen-bond acceptors (Lipinski definition) is 1. The zero-order valence-electron chi connectivity index (χ0n) is 6.96. The molecule has 0 saturated carbocycles. The van der Waals surface area contributed by atoms with Gasteiger partial charge in [0.1, 0.15) is 0 Å². The summed E-state index contributed by atoms with van der Waals surface area (Å²) in [6.07, 6.45) is 1.13. The van der Waals surface area contributed by atoms with Crippen molar-refractivity contribution in [1.82, 2.24) is 0 Å². The Morgan fingerprint density at radius 2 is 1.91 bits per heavy atom. The van der Waals surface area contributed by atoms with Gasteiger partial charge in [-0.3, -0.25) is 0 Å². The lowest BCUT2D eigenvalue weighted by molar-refractivity contribution is 0.674. The Labute approximate surface area is 68.2 Å². The van der Waals surface area contributed by atoms with E-state index < -0.39 is 0 Å². The maximum atomic E-state index is 5.62. The molecule has 0 saturated heterocycles. The van der Waals surface area contributed by atoms with Gasteiger partial charge in [-0.25, -0.2) is 0 Å². The van der Waals surface area contributed by atoms with Gasteiger partial charge in [-0.15, -0.1) is 0 Å². The molecule has 1 atom stereocenters. The molecular weight excluding hydrogens is 134 g/mol. The van der Waals surface area contributed by atoms with Crippen LogP contribution in [0.5, 0.6) is 0 Å². The predicted octanol–water partition coefficient (Wildman–Crippen LogP) is 2.14. The molecule has 0 unspecified atom stereocenters. The maximum Gasteiger partial charge on any atom is -0.000834 e. The van der Waals surface area contributed by atoms with Crippen LogP contribution in [0.25, 0.3) is 0 Å². The van der Waals surface area contributed by atoms with E-state index in [0.717, 1.165) is 13.0 Å². The fraction of sp³-hybridized carbons (Fsp3) is 0.400. The first-order chi connectivity index (χ1) is 5.38. The minimum Gasteiger partial charge on any atom is -0.330 e. The summed E-state index contributed by atoms with van der Waals surface area (Å²) >= 11 is 0. The van der Waals surface area contributed by atoms with Crippen molar-refractivity contribution in [3.63, 3.8) is 0 Å². The predicted molar refractivity (Wildman–Crippen MR) is 48.5 cm³/mol. The van der Waals surface area contributed by atoms with Gasteiger partial charge in [0.2, 0.25) is 0 Å². The summed E-state index contributed by atoms with van der Waals surface area (Å²) in [5.74, 6) is 0.538. The van der Waals surface area contributed by atoms with Crippen molar-refractivity contribution in [1.29, 1.82) is 0 Å². The molecule has 11 heavy (non-hydrogen) atoms. The zero-order valence-corrected chi connectivity index (χ0v) is 6.96. The Morgan fingerprint density at radius 1 is 1.27 bits per heavy atom. The van der Waals surface area contributed by atoms with Gasteiger partial charge >= 0.3 is 0 Å². The molecule has 0 aliphatic heterocycles. The molecule has 2 N–H and O–H groups in total. The second kappa shape index (κ2) is 4.14. The van der Waals surface area contributed by atoms with Crippen LogP contribution in [-0.2, 0) is 0 Å². The summed E-state index contributed by atoms with van der Waals surface area (Å²) in [7, 11) is 0. The molecule has 1 aromatic carbocycles. The second-order valence-electron chi connectivity index (χ2n) is 2.75. The van der Waals surface area contributed by atoms with Gasteiger partial charge in [0.15, 0.2) is 0 Å². The van der Waals surface area contributed by atoms with Crippen LogP contribution in [0.4, 0.5) is 0 Å². The first-order valence-electron chi connectivity index (χ1n) is 4.13. The highest BCUT2D eigenvalue weighted by Gasteiger charge is 2.04. The van der Waals surface area contributed by atoms with Crippen molar-refractivity contribution in [3.8, 4) is 0 Å². The van der Waals surface area contributed by atoms with E-state index in [0.29, 0.717) is 5.92 Å². The standard InChI is InChI=1S/C10H15N/c1-2-9(8-11)10-6-4-3-5-7-10/h3-7,9H,2,8,11H2,1H3/t9-/m0/s1. The van der Waals surface area contributed by atoms with Gasteiger partial charge in [0.05, 0.1) is 0 Å². The SMILES string of the molecule is CC[C@@H](CN)c1ccccc1. The molecule has 0 aromatic heterocycles. The smallest absolute Gasteiger partial charge is 0.000834 e. The molecule has 1 heteroatoms. The maximum absolute atomic E-state index is 5.62. The molecule has 0 heterocycles. The van der Waals surface area contributed by atoms with Crippen LogP contribution in [0.2, 0.25) is 0 Å². The van der Waals surface area contributed by atoms with Gasteiger partial charge in [-0.2, -0.15) is 0 Å². The summed E-state index contributed by atoms with van der Waals surface area (Å²) < 4.78 is 0. The highest BCUT2D eigenvalue weighted by Crippen LogP contribution is 2.16. The Hall–Kier alpha value is -0.820. The van der Waals surface area contributed by atoms with E-state index in [2.05, 4.69) is 31.2 Å². The van der Waals surface area contributed by atoms with Gasteiger partial charge in [-0.05, 0) is 24.4 Å². The van der Waals surface area contributed by atoms with Crippen molar-refractivity contribution < 1.29 is 0 Å². The minimum absolute atomic E-state index is 0.538. The topological polar surface area (TPSA) is 26.0 Å². The average molecular weight is 149 g/mol. The molecule has 0 aliphatic carbocycles. The molecule has 0 aliphatic rings. The van der Waals surface area contributed by atoms with E-state index in [1.54, 1.807) is 0 Å². The molecule has 0 fully saturated rings. The van der Waals surface area contributed by atoms with Crippen LogP contribution >= 0.6 is 0 Å². The van der Waals surface area contributed by atoms with E-state index >= 15 is 0 Å². The molecule has 0 spiro atoms. The Morgan fingerprint density at radius 3 is 2.36 bits per heavy atom. The number of hydrogen-bond donors (Lipinski definition) is 1. The third-order valence-corrected chi connectivity index (χ3v) is 2.05. The quantitative estimate of drug-likeness (QED) is 0.700. The zero-order chi connectivity index (χ0) is 8.10. The summed E-state index contributed by atoms with van der Waals surface area (Å²) in [6.45, 7) is 2.92. The summed E-state index contributed by atoms with van der Waals surface area (Å²) in [6, 6.07) is 10.4. The van der Waals surface area contributed by atoms with Crippen LogP contribution in [0, 0.1) is 0 Å². The van der Waals surface area contributed by atoms with E-state index in [4.69, 9.17) is 5.73 Å². The lowest BCUT2D eigenvalue weighted by atomic mass is 9.97. The first-order valence-corrected chi connectivity index (χ1v) is 4.13. The largest absolute Gasteiger partial charge is 0.330 e. The van der Waals surface area contributed by atoms with Gasteiger partial charge in [0.25, 0.3) is 0 Å². The van der Waals surface area contributed by atoms with Crippen LogP contribution < -0.4 is 5.73 Å². The Balaban J connectivity index is 2.74. The van der Waals surface area contributed by atoms with Crippen molar-refractivity contribution in [2.75, 3.05) is 6.54 Å². The van der Waals surface area contributed by atoms with Crippen LogP contribution in [0.3, 0.4) is 0 Å². The van der Waals surface area contributed by atoms with Crippen LogP contribution in [0.1, 0.15) is 24.8 Å². The molecule has 0 bridgehead atoms. The molecule has 0 radical (unpaired) electrons. The molecule has 1 nitrogen and oxygen atoms in total. The molecule has 0 amide bonds. The molecule has 60 valence electrons. The fourth-order valence-corrected chi connectivity index (χ4v) is 1.26. The van der Waals surface area contributed by atoms with Crippen molar-refractivity contribution >= 4 is 0 Å². The van der Waals surface area contributed by atoms with E-state index in [1.807, 2.05) is 6.07 Å². The van der Waals surface area contributed by atoms with E-state index in [1.165, 1.54) is 5.56 Å². The van der Waals surface area contributed by atoms with Gasteiger partial charge in [-0.1, -0.05) is 37.3 Å². The van der Waals surface area contributed by atoms with Crippen LogP contribution in [-0.4, -0.2) is 6.54 Å². The monoisotopic (exact) mass is 149 g/mol. The second-order valence-corrected chi connectivity index (χ2v) is 2.75. The Bertz CT molecular complexity index is 189. The molecular formula is C10H15N. The molecule has 1 rings (SSSR count). The van der Waals surface area contributed by atoms with Gasteiger partial charge in [0, 0.05) is 0 Å². The number of benzene rings is 1. The van der Waals surface area contributed by atoms with E-state index in [-0.39, 0.29) is 0 Å². The number of nitrogens with two attached hydrogens (primary N) is 1. The Kier molecular flexibility index (Phi) is 3.12. The van der Waals surface area contributed by atoms with Gasteiger partial charge < -0.3 is 5.73 Å². The van der Waals surface area contributed by atoms with Crippen molar-refractivity contribution in [2.45, 2.75) is 19.3 Å². The summed E-state index contributed by atoms with van der Waals surface area (Å²) in [5.41, 5.74) is 6.97. The lowest BCUT2D eigenvalue weighted by Gasteiger charge is -2.11. The average Bonchev–Trinajstić information content (AvgIpc) is 2.09. The first kappa shape index (κ1) is 8.28. The van der Waals surface area contributed by atoms with Crippen molar-refractivity contribution in [3.05, 3.63) is 35.9 Å². The fourth-order valence-electron chi connectivity index (χ4n) is 1.26. The lowest BCUT2D eigenvalue weighted by Crippen LogP contribution is -2.11. The highest BCUT2D eigenvalue weighted by atomic mass is 14.5. The van der Waals surface area contributed by atoms with Crippen LogP contribution in [0.15, 0.2) is 30.3 Å². The normalized spacial score (nSPS) is 12.9. The summed E-state index contributed by atoms with van der Waals surface area (Å²) in [5, 5.41) is 0. The number of rotatable bonds is 3. The molecule has 1 aromatic rings. The van der Waals surface area contributed by atoms with Crippen molar-refractivity contribution in [2.24, 2.45) is 5.73 Å². The third-order valence-electron chi connectivity index (χ3n) is 2.05. The highest BCUT2D eigenvalue weighted by molar-refractivity contribution is 5.19. The van der Waals surface area contributed by atoms with E-state index in [9.17, 15) is 0 Å². The summed E-state index contributed by atoms with van der Waals surface area (Å²) in [4.78, 5) is 0. The third kappa shape index (κ3) is 2.05. The minimum atomic E-state index is 0.538.